The van der Waals surface area contributed by atoms with E-state index < -0.39 is 17.3 Å². The van der Waals surface area contributed by atoms with E-state index in [0.29, 0.717) is 6.54 Å². The van der Waals surface area contributed by atoms with Crippen LogP contribution in [-0.4, -0.2) is 16.5 Å². The number of hydrogen-bond donors (Lipinski definition) is 1. The Balaban J connectivity index is 2.39. The van der Waals surface area contributed by atoms with E-state index in [1.165, 1.54) is 6.20 Å². The second-order valence-electron chi connectivity index (χ2n) is 4.45. The van der Waals surface area contributed by atoms with E-state index in [-0.39, 0.29) is 5.82 Å². The number of nitrogens with two attached hydrogens (primary N) is 1. The molecule has 0 spiro atoms. The molecule has 1 aliphatic rings. The Morgan fingerprint density at radius 3 is 2.47 bits per heavy atom. The Kier molecular flexibility index (Phi) is 3.07. The van der Waals surface area contributed by atoms with Crippen LogP contribution in [0.4, 0.5) is 13.2 Å². The molecule has 0 aromatic carbocycles. The standard InChI is InChI=1S/C11H14F3N3/c12-11(13,14)8-3-6-16-9(17-8)10(7-15)4-1-2-5-10/h3,6H,1-2,4-5,7,15H2. The summed E-state index contributed by atoms with van der Waals surface area (Å²) in [4.78, 5) is 7.64. The van der Waals surface area contributed by atoms with Crippen molar-refractivity contribution in [3.8, 4) is 0 Å². The highest BCUT2D eigenvalue weighted by Crippen LogP contribution is 2.39. The van der Waals surface area contributed by atoms with Gasteiger partial charge in [-0.25, -0.2) is 9.97 Å². The van der Waals surface area contributed by atoms with Gasteiger partial charge in [-0.1, -0.05) is 12.8 Å². The van der Waals surface area contributed by atoms with E-state index in [1.54, 1.807) is 0 Å². The molecule has 17 heavy (non-hydrogen) atoms. The average Bonchev–Trinajstić information content (AvgIpc) is 2.78. The van der Waals surface area contributed by atoms with Gasteiger partial charge in [-0.3, -0.25) is 0 Å². The molecule has 94 valence electrons. The SMILES string of the molecule is NCC1(c2nccc(C(F)(F)F)n2)CCCC1. The number of nitrogens with zero attached hydrogens (tertiary/aromatic N) is 2. The molecule has 1 fully saturated rings. The summed E-state index contributed by atoms with van der Waals surface area (Å²) in [5.74, 6) is 0.243. The minimum Gasteiger partial charge on any atom is -0.329 e. The number of rotatable bonds is 2. The van der Waals surface area contributed by atoms with E-state index in [2.05, 4.69) is 9.97 Å². The molecule has 2 rings (SSSR count). The maximum atomic E-state index is 12.6. The second-order valence-corrected chi connectivity index (χ2v) is 4.45. The third kappa shape index (κ3) is 2.26. The fourth-order valence-electron chi connectivity index (χ4n) is 2.34. The lowest BCUT2D eigenvalue weighted by molar-refractivity contribution is -0.141. The summed E-state index contributed by atoms with van der Waals surface area (Å²) in [5.41, 5.74) is 4.35. The first kappa shape index (κ1) is 12.3. The number of hydrogen-bond acceptors (Lipinski definition) is 3. The van der Waals surface area contributed by atoms with Crippen molar-refractivity contribution in [3.05, 3.63) is 23.8 Å². The molecule has 0 radical (unpaired) electrons. The second kappa shape index (κ2) is 4.25. The van der Waals surface area contributed by atoms with Gasteiger partial charge >= 0.3 is 6.18 Å². The van der Waals surface area contributed by atoms with Crippen molar-refractivity contribution in [2.75, 3.05) is 6.54 Å². The Morgan fingerprint density at radius 2 is 1.94 bits per heavy atom. The molecule has 1 aromatic heterocycles. The highest BCUT2D eigenvalue weighted by Gasteiger charge is 2.39. The van der Waals surface area contributed by atoms with Crippen LogP contribution in [0, 0.1) is 0 Å². The summed E-state index contributed by atoms with van der Waals surface area (Å²) in [6.45, 7) is 0.300. The van der Waals surface area contributed by atoms with Crippen LogP contribution < -0.4 is 5.73 Å². The number of halogens is 3. The van der Waals surface area contributed by atoms with E-state index in [9.17, 15) is 13.2 Å². The predicted molar refractivity (Wildman–Crippen MR) is 56.2 cm³/mol. The zero-order chi connectivity index (χ0) is 12.5. The van der Waals surface area contributed by atoms with Crippen molar-refractivity contribution >= 4 is 0 Å². The van der Waals surface area contributed by atoms with Crippen LogP contribution in [0.15, 0.2) is 12.3 Å². The van der Waals surface area contributed by atoms with Gasteiger partial charge in [0, 0.05) is 18.2 Å². The molecule has 0 bridgehead atoms. The van der Waals surface area contributed by atoms with Gasteiger partial charge < -0.3 is 5.73 Å². The first-order valence-electron chi connectivity index (χ1n) is 5.59. The first-order valence-corrected chi connectivity index (χ1v) is 5.59. The molecular weight excluding hydrogens is 231 g/mol. The van der Waals surface area contributed by atoms with Crippen LogP contribution >= 0.6 is 0 Å². The van der Waals surface area contributed by atoms with Crippen molar-refractivity contribution in [2.45, 2.75) is 37.3 Å². The number of alkyl halides is 3. The molecule has 1 aliphatic carbocycles. The van der Waals surface area contributed by atoms with Crippen LogP contribution in [0.2, 0.25) is 0 Å². The van der Waals surface area contributed by atoms with Crippen molar-refractivity contribution < 1.29 is 13.2 Å². The lowest BCUT2D eigenvalue weighted by atomic mass is 9.85. The van der Waals surface area contributed by atoms with Gasteiger partial charge in [0.1, 0.15) is 11.5 Å². The highest BCUT2D eigenvalue weighted by molar-refractivity contribution is 5.16. The Hall–Kier alpha value is -1.17. The Labute approximate surface area is 97.3 Å². The highest BCUT2D eigenvalue weighted by atomic mass is 19.4. The summed E-state index contributed by atoms with van der Waals surface area (Å²) < 4.78 is 37.7. The van der Waals surface area contributed by atoms with Crippen molar-refractivity contribution in [2.24, 2.45) is 5.73 Å². The van der Waals surface area contributed by atoms with E-state index >= 15 is 0 Å². The topological polar surface area (TPSA) is 51.8 Å². The maximum Gasteiger partial charge on any atom is 0.433 e. The van der Waals surface area contributed by atoms with Crippen LogP contribution in [0.5, 0.6) is 0 Å². The van der Waals surface area contributed by atoms with Gasteiger partial charge in [-0.2, -0.15) is 13.2 Å². The van der Waals surface area contributed by atoms with E-state index in [4.69, 9.17) is 5.73 Å². The fraction of sp³-hybridized carbons (Fsp3) is 0.636. The molecule has 0 unspecified atom stereocenters. The molecule has 3 nitrogen and oxygen atoms in total. The fourth-order valence-corrected chi connectivity index (χ4v) is 2.34. The Morgan fingerprint density at radius 1 is 1.29 bits per heavy atom. The van der Waals surface area contributed by atoms with Gasteiger partial charge in [-0.05, 0) is 18.9 Å². The summed E-state index contributed by atoms with van der Waals surface area (Å²) in [6, 6.07) is 0.892. The van der Waals surface area contributed by atoms with Crippen molar-refractivity contribution in [1.29, 1.82) is 0 Å². The molecular formula is C11H14F3N3. The molecule has 6 heteroatoms. The lowest BCUT2D eigenvalue weighted by Crippen LogP contribution is -2.34. The minimum absolute atomic E-state index is 0.243. The monoisotopic (exact) mass is 245 g/mol. The smallest absolute Gasteiger partial charge is 0.329 e. The summed E-state index contributed by atoms with van der Waals surface area (Å²) in [6.07, 6.45) is 0.218. The zero-order valence-electron chi connectivity index (χ0n) is 9.30. The number of aromatic nitrogens is 2. The van der Waals surface area contributed by atoms with Crippen LogP contribution in [0.3, 0.4) is 0 Å². The van der Waals surface area contributed by atoms with Crippen molar-refractivity contribution in [1.82, 2.24) is 9.97 Å². The predicted octanol–water partition coefficient (Wildman–Crippen LogP) is 2.27. The normalized spacial score (nSPS) is 19.5. The zero-order valence-corrected chi connectivity index (χ0v) is 9.30. The molecule has 0 aliphatic heterocycles. The summed E-state index contributed by atoms with van der Waals surface area (Å²) in [5, 5.41) is 0. The third-order valence-corrected chi connectivity index (χ3v) is 3.37. The van der Waals surface area contributed by atoms with Gasteiger partial charge in [0.25, 0.3) is 0 Å². The largest absolute Gasteiger partial charge is 0.433 e. The summed E-state index contributed by atoms with van der Waals surface area (Å²) >= 11 is 0. The Bertz CT molecular complexity index is 397. The molecule has 1 aromatic rings. The maximum absolute atomic E-state index is 12.6. The lowest BCUT2D eigenvalue weighted by Gasteiger charge is -2.25. The van der Waals surface area contributed by atoms with Gasteiger partial charge in [-0.15, -0.1) is 0 Å². The van der Waals surface area contributed by atoms with E-state index in [0.717, 1.165) is 31.7 Å². The average molecular weight is 245 g/mol. The van der Waals surface area contributed by atoms with E-state index in [1.807, 2.05) is 0 Å². The van der Waals surface area contributed by atoms with Crippen LogP contribution in [0.25, 0.3) is 0 Å². The summed E-state index contributed by atoms with van der Waals surface area (Å²) in [7, 11) is 0. The molecule has 1 heterocycles. The van der Waals surface area contributed by atoms with Gasteiger partial charge in [0.15, 0.2) is 0 Å². The molecule has 0 atom stereocenters. The van der Waals surface area contributed by atoms with Gasteiger partial charge in [0.05, 0.1) is 0 Å². The third-order valence-electron chi connectivity index (χ3n) is 3.37. The molecule has 1 saturated carbocycles. The molecule has 0 saturated heterocycles. The molecule has 0 amide bonds. The first-order chi connectivity index (χ1) is 7.98. The van der Waals surface area contributed by atoms with Crippen molar-refractivity contribution in [3.63, 3.8) is 0 Å². The van der Waals surface area contributed by atoms with Gasteiger partial charge in [0.2, 0.25) is 0 Å². The molecule has 2 N–H and O–H groups in total. The minimum atomic E-state index is -4.42. The quantitative estimate of drug-likeness (QED) is 0.869. The van der Waals surface area contributed by atoms with Crippen LogP contribution in [0.1, 0.15) is 37.2 Å². The van der Waals surface area contributed by atoms with Crippen LogP contribution in [-0.2, 0) is 11.6 Å².